The van der Waals surface area contributed by atoms with Crippen molar-refractivity contribution in [3.8, 4) is 5.88 Å². The predicted octanol–water partition coefficient (Wildman–Crippen LogP) is 1.44. The van der Waals surface area contributed by atoms with Gasteiger partial charge in [-0.15, -0.1) is 11.6 Å². The van der Waals surface area contributed by atoms with Crippen molar-refractivity contribution in [1.82, 2.24) is 24.4 Å². The number of likely N-dealkylation sites (N-methyl/N-ethyl adjacent to an activating group) is 1. The molecule has 2 aromatic heterocycles. The van der Waals surface area contributed by atoms with Gasteiger partial charge in [0.25, 0.3) is 0 Å². The first-order valence-corrected chi connectivity index (χ1v) is 7.27. The van der Waals surface area contributed by atoms with Gasteiger partial charge in [0.1, 0.15) is 18.7 Å². The minimum absolute atomic E-state index is 0.00301. The number of methoxy groups -OCH3 is 1. The lowest BCUT2D eigenvalue weighted by Crippen LogP contribution is -2.33. The number of carbonyl (C=O) groups is 1. The summed E-state index contributed by atoms with van der Waals surface area (Å²) in [6.45, 7) is 5.37. The fourth-order valence-corrected chi connectivity index (χ4v) is 2.39. The van der Waals surface area contributed by atoms with Gasteiger partial charge >= 0.3 is 0 Å². The van der Waals surface area contributed by atoms with Crippen LogP contribution in [-0.2, 0) is 17.2 Å². The third-order valence-corrected chi connectivity index (χ3v) is 3.54. The highest BCUT2D eigenvalue weighted by atomic mass is 35.5. The Morgan fingerprint density at radius 1 is 1.38 bits per heavy atom. The Bertz CT molecular complexity index is 639. The molecule has 2 rings (SSSR count). The van der Waals surface area contributed by atoms with Crippen molar-refractivity contribution in [1.29, 1.82) is 0 Å². The highest BCUT2D eigenvalue weighted by Gasteiger charge is 2.19. The van der Waals surface area contributed by atoms with Crippen molar-refractivity contribution < 1.29 is 9.53 Å². The molecule has 0 radical (unpaired) electrons. The van der Waals surface area contributed by atoms with Gasteiger partial charge in [-0.1, -0.05) is 0 Å². The first kappa shape index (κ1) is 15.5. The molecule has 8 heteroatoms. The molecular formula is C13H18ClN5O2. The lowest BCUT2D eigenvalue weighted by Gasteiger charge is -2.19. The summed E-state index contributed by atoms with van der Waals surface area (Å²) in [6, 6.07) is 0. The van der Waals surface area contributed by atoms with E-state index in [1.807, 2.05) is 13.8 Å². The number of nitrogens with zero attached hydrogens (tertiary/aromatic N) is 5. The van der Waals surface area contributed by atoms with Gasteiger partial charge in [0.05, 0.1) is 13.0 Å². The van der Waals surface area contributed by atoms with Crippen molar-refractivity contribution in [2.45, 2.75) is 26.3 Å². The number of halogens is 1. The van der Waals surface area contributed by atoms with Crippen LogP contribution in [0.15, 0.2) is 6.33 Å². The Morgan fingerprint density at radius 2 is 2.10 bits per heavy atom. The van der Waals surface area contributed by atoms with E-state index in [-0.39, 0.29) is 18.3 Å². The van der Waals surface area contributed by atoms with E-state index in [1.54, 1.807) is 9.47 Å². The third-order valence-electron chi connectivity index (χ3n) is 3.30. The van der Waals surface area contributed by atoms with Crippen LogP contribution < -0.4 is 4.74 Å². The van der Waals surface area contributed by atoms with E-state index in [9.17, 15) is 4.79 Å². The number of fused-ring (bicyclic) bond motifs is 1. The van der Waals surface area contributed by atoms with Gasteiger partial charge in [0.2, 0.25) is 11.8 Å². The van der Waals surface area contributed by atoms with Gasteiger partial charge in [-0.25, -0.2) is 9.97 Å². The summed E-state index contributed by atoms with van der Waals surface area (Å²) in [5, 5.41) is 0. The van der Waals surface area contributed by atoms with Crippen LogP contribution in [0.3, 0.4) is 0 Å². The SMILES string of the molecule is CCN(CC)C(=O)Cn1c(CCl)nc2c(OC)ncnc21. The fourth-order valence-electron chi connectivity index (χ4n) is 2.19. The Balaban J connectivity index is 2.45. The minimum Gasteiger partial charge on any atom is -0.479 e. The molecule has 0 fully saturated rings. The van der Waals surface area contributed by atoms with E-state index >= 15 is 0 Å². The quantitative estimate of drug-likeness (QED) is 0.755. The molecule has 0 unspecified atom stereocenters. The standard InChI is InChI=1S/C13H18ClN5O2/c1-4-18(5-2)10(20)7-19-9(6-14)17-11-12(19)15-8-16-13(11)21-3/h8H,4-7H2,1-3H3. The molecule has 7 nitrogen and oxygen atoms in total. The van der Waals surface area contributed by atoms with Gasteiger partial charge in [-0.3, -0.25) is 4.79 Å². The highest BCUT2D eigenvalue weighted by molar-refractivity contribution is 6.16. The van der Waals surface area contributed by atoms with E-state index in [1.165, 1.54) is 13.4 Å². The molecule has 0 aromatic carbocycles. The number of amides is 1. The second kappa shape index (κ2) is 6.71. The van der Waals surface area contributed by atoms with Crippen LogP contribution in [0.5, 0.6) is 5.88 Å². The van der Waals surface area contributed by atoms with E-state index in [2.05, 4.69) is 15.0 Å². The van der Waals surface area contributed by atoms with Crippen LogP contribution in [0, 0.1) is 0 Å². The summed E-state index contributed by atoms with van der Waals surface area (Å²) >= 11 is 5.93. The average Bonchev–Trinajstić information content (AvgIpc) is 2.86. The molecule has 0 N–H and O–H groups in total. The zero-order chi connectivity index (χ0) is 15.4. The minimum atomic E-state index is 0.00301. The van der Waals surface area contributed by atoms with Crippen LogP contribution in [0.4, 0.5) is 0 Å². The molecular weight excluding hydrogens is 294 g/mol. The monoisotopic (exact) mass is 311 g/mol. The smallest absolute Gasteiger partial charge is 0.245 e. The molecule has 0 saturated carbocycles. The normalized spacial score (nSPS) is 10.9. The fraction of sp³-hybridized carbons (Fsp3) is 0.538. The first-order valence-electron chi connectivity index (χ1n) is 6.74. The topological polar surface area (TPSA) is 73.1 Å². The lowest BCUT2D eigenvalue weighted by molar-refractivity contribution is -0.131. The average molecular weight is 312 g/mol. The van der Waals surface area contributed by atoms with Crippen LogP contribution >= 0.6 is 11.6 Å². The highest BCUT2D eigenvalue weighted by Crippen LogP contribution is 2.22. The molecule has 0 saturated heterocycles. The van der Waals surface area contributed by atoms with Crippen LogP contribution in [-0.4, -0.2) is 50.5 Å². The maximum absolute atomic E-state index is 12.3. The Morgan fingerprint density at radius 3 is 2.67 bits per heavy atom. The largest absolute Gasteiger partial charge is 0.479 e. The first-order chi connectivity index (χ1) is 10.2. The molecule has 2 aromatic rings. The maximum atomic E-state index is 12.3. The third kappa shape index (κ3) is 2.92. The molecule has 0 atom stereocenters. The molecule has 0 aliphatic heterocycles. The van der Waals surface area contributed by atoms with Gasteiger partial charge in [-0.05, 0) is 13.8 Å². The molecule has 114 valence electrons. The number of carbonyl (C=O) groups excluding carboxylic acids is 1. The lowest BCUT2D eigenvalue weighted by atomic mass is 10.4. The second-order valence-corrected chi connectivity index (χ2v) is 4.64. The molecule has 0 spiro atoms. The summed E-state index contributed by atoms with van der Waals surface area (Å²) in [6.07, 6.45) is 1.39. The number of hydrogen-bond acceptors (Lipinski definition) is 5. The van der Waals surface area contributed by atoms with Crippen LogP contribution in [0.25, 0.3) is 11.2 Å². The summed E-state index contributed by atoms with van der Waals surface area (Å²) < 4.78 is 6.89. The van der Waals surface area contributed by atoms with Gasteiger partial charge in [-0.2, -0.15) is 4.98 Å². The number of rotatable bonds is 6. The predicted molar refractivity (Wildman–Crippen MR) is 79.4 cm³/mol. The summed E-state index contributed by atoms with van der Waals surface area (Å²) in [7, 11) is 1.52. The van der Waals surface area contributed by atoms with Crippen molar-refractivity contribution >= 4 is 28.7 Å². The number of hydrogen-bond donors (Lipinski definition) is 0. The summed E-state index contributed by atoms with van der Waals surface area (Å²) in [5.41, 5.74) is 1.07. The number of aromatic nitrogens is 4. The van der Waals surface area contributed by atoms with Gasteiger partial charge in [0.15, 0.2) is 11.2 Å². The van der Waals surface area contributed by atoms with E-state index in [0.29, 0.717) is 36.0 Å². The zero-order valence-electron chi connectivity index (χ0n) is 12.3. The molecule has 21 heavy (non-hydrogen) atoms. The van der Waals surface area contributed by atoms with E-state index in [0.717, 1.165) is 0 Å². The molecule has 0 aliphatic carbocycles. The molecule has 2 heterocycles. The zero-order valence-corrected chi connectivity index (χ0v) is 13.1. The van der Waals surface area contributed by atoms with Crippen LogP contribution in [0.1, 0.15) is 19.7 Å². The number of ether oxygens (including phenoxy) is 1. The van der Waals surface area contributed by atoms with E-state index in [4.69, 9.17) is 16.3 Å². The van der Waals surface area contributed by atoms with Crippen molar-refractivity contribution in [2.75, 3.05) is 20.2 Å². The Labute approximate surface area is 127 Å². The van der Waals surface area contributed by atoms with Crippen molar-refractivity contribution in [3.63, 3.8) is 0 Å². The molecule has 0 bridgehead atoms. The molecule has 0 aliphatic rings. The summed E-state index contributed by atoms with van der Waals surface area (Å²) in [4.78, 5) is 26.6. The number of alkyl halides is 1. The Hall–Kier alpha value is -1.89. The maximum Gasteiger partial charge on any atom is 0.245 e. The van der Waals surface area contributed by atoms with Gasteiger partial charge < -0.3 is 14.2 Å². The summed E-state index contributed by atoms with van der Waals surface area (Å²) in [5.74, 6) is 1.14. The Kier molecular flexibility index (Phi) is 4.95. The molecule has 1 amide bonds. The van der Waals surface area contributed by atoms with Gasteiger partial charge in [0, 0.05) is 13.1 Å². The second-order valence-electron chi connectivity index (χ2n) is 4.37. The number of imidazole rings is 1. The van der Waals surface area contributed by atoms with Crippen molar-refractivity contribution in [3.05, 3.63) is 12.2 Å². The van der Waals surface area contributed by atoms with Crippen LogP contribution in [0.2, 0.25) is 0 Å². The van der Waals surface area contributed by atoms with Crippen molar-refractivity contribution in [2.24, 2.45) is 0 Å². The van der Waals surface area contributed by atoms with E-state index < -0.39 is 0 Å².